The Morgan fingerprint density at radius 3 is 2.73 bits per heavy atom. The molecule has 0 saturated carbocycles. The van der Waals surface area contributed by atoms with E-state index in [0.717, 1.165) is 0 Å². The largest absolute Gasteiger partial charge is 0.459 e. The van der Waals surface area contributed by atoms with E-state index in [0.29, 0.717) is 21.6 Å². The zero-order valence-corrected chi connectivity index (χ0v) is 14.3. The third-order valence-electron chi connectivity index (χ3n) is 3.48. The fourth-order valence-electron chi connectivity index (χ4n) is 2.22. The van der Waals surface area contributed by atoms with Gasteiger partial charge in [-0.15, -0.1) is 0 Å². The van der Waals surface area contributed by atoms with E-state index >= 15 is 0 Å². The van der Waals surface area contributed by atoms with Crippen LogP contribution in [0.25, 0.3) is 11.0 Å². The molecular weight excluding hydrogens is 364 g/mol. The Bertz CT molecular complexity index is 977. The van der Waals surface area contributed by atoms with Gasteiger partial charge in [-0.05, 0) is 37.3 Å². The predicted molar refractivity (Wildman–Crippen MR) is 90.6 cm³/mol. The maximum absolute atomic E-state index is 12.1. The molecule has 1 aromatic carbocycles. The average molecular weight is 377 g/mol. The molecule has 0 saturated heterocycles. The van der Waals surface area contributed by atoms with Gasteiger partial charge in [0, 0.05) is 16.0 Å². The van der Waals surface area contributed by atoms with Gasteiger partial charge in [-0.2, -0.15) is 0 Å². The summed E-state index contributed by atoms with van der Waals surface area (Å²) in [6, 6.07) is 7.90. The minimum Gasteiger partial charge on any atom is -0.459 e. The third-order valence-corrected chi connectivity index (χ3v) is 3.71. The highest BCUT2D eigenvalue weighted by Crippen LogP contribution is 2.28. The molecule has 26 heavy (non-hydrogen) atoms. The van der Waals surface area contributed by atoms with Crippen molar-refractivity contribution in [2.45, 2.75) is 6.92 Å². The number of hydrogen-bond donors (Lipinski definition) is 2. The molecule has 0 fully saturated rings. The fraction of sp³-hybridized carbons (Fsp3) is 0.118. The quantitative estimate of drug-likeness (QED) is 0.535. The van der Waals surface area contributed by atoms with Crippen LogP contribution in [0.2, 0.25) is 5.02 Å². The zero-order valence-electron chi connectivity index (χ0n) is 13.5. The summed E-state index contributed by atoms with van der Waals surface area (Å²) < 4.78 is 15.2. The number of hydrogen-bond acceptors (Lipinski definition) is 6. The summed E-state index contributed by atoms with van der Waals surface area (Å²) in [4.78, 5) is 35.4. The minimum atomic E-state index is -0.803. The standard InChI is InChI=1S/C17H13ClN2O6/c1-9-11-7-10(18)4-5-12(11)26-15(9)17(23)25-8-14(21)19-20-16(22)13-3-2-6-24-13/h2-7H,8H2,1H3,(H,19,21)(H,20,22). The molecule has 134 valence electrons. The van der Waals surface area contributed by atoms with Crippen LogP contribution >= 0.6 is 11.6 Å². The van der Waals surface area contributed by atoms with Crippen LogP contribution < -0.4 is 10.9 Å². The number of fused-ring (bicyclic) bond motifs is 1. The number of nitrogens with one attached hydrogen (secondary N) is 2. The van der Waals surface area contributed by atoms with E-state index in [9.17, 15) is 14.4 Å². The highest BCUT2D eigenvalue weighted by atomic mass is 35.5. The van der Waals surface area contributed by atoms with Crippen LogP contribution in [0.3, 0.4) is 0 Å². The van der Waals surface area contributed by atoms with Gasteiger partial charge < -0.3 is 13.6 Å². The van der Waals surface area contributed by atoms with Gasteiger partial charge in [-0.3, -0.25) is 20.4 Å². The summed E-state index contributed by atoms with van der Waals surface area (Å²) in [5, 5.41) is 1.19. The molecule has 0 aliphatic carbocycles. The second kappa shape index (κ2) is 7.32. The highest BCUT2D eigenvalue weighted by molar-refractivity contribution is 6.31. The molecule has 2 heterocycles. The van der Waals surface area contributed by atoms with Crippen molar-refractivity contribution in [3.8, 4) is 0 Å². The summed E-state index contributed by atoms with van der Waals surface area (Å²) in [5.41, 5.74) is 5.26. The van der Waals surface area contributed by atoms with Crippen molar-refractivity contribution in [1.82, 2.24) is 10.9 Å². The molecule has 2 aromatic heterocycles. The summed E-state index contributed by atoms with van der Waals surface area (Å²) in [6.07, 6.45) is 1.32. The number of amides is 2. The molecule has 0 spiro atoms. The number of furan rings is 2. The van der Waals surface area contributed by atoms with Crippen molar-refractivity contribution >= 4 is 40.4 Å². The summed E-state index contributed by atoms with van der Waals surface area (Å²) in [7, 11) is 0. The molecule has 0 radical (unpaired) electrons. The summed E-state index contributed by atoms with van der Waals surface area (Å²) >= 11 is 5.93. The van der Waals surface area contributed by atoms with Crippen LogP contribution in [-0.2, 0) is 9.53 Å². The van der Waals surface area contributed by atoms with Gasteiger partial charge >= 0.3 is 11.9 Å². The zero-order chi connectivity index (χ0) is 18.7. The predicted octanol–water partition coefficient (Wildman–Crippen LogP) is 2.61. The Morgan fingerprint density at radius 2 is 2.00 bits per heavy atom. The Morgan fingerprint density at radius 1 is 1.19 bits per heavy atom. The van der Waals surface area contributed by atoms with E-state index in [1.165, 1.54) is 18.4 Å². The van der Waals surface area contributed by atoms with Gasteiger partial charge in [-0.25, -0.2) is 4.79 Å². The lowest BCUT2D eigenvalue weighted by atomic mass is 10.1. The van der Waals surface area contributed by atoms with Crippen molar-refractivity contribution in [3.63, 3.8) is 0 Å². The number of carbonyl (C=O) groups is 3. The van der Waals surface area contributed by atoms with Gasteiger partial charge in [-0.1, -0.05) is 11.6 Å². The van der Waals surface area contributed by atoms with E-state index in [1.54, 1.807) is 25.1 Å². The lowest BCUT2D eigenvalue weighted by molar-refractivity contribution is -0.125. The molecule has 2 amide bonds. The number of aryl methyl sites for hydroxylation is 1. The number of ether oxygens (including phenoxy) is 1. The van der Waals surface area contributed by atoms with Crippen molar-refractivity contribution in [3.05, 3.63) is 58.7 Å². The lowest BCUT2D eigenvalue weighted by Gasteiger charge is -2.06. The molecule has 3 rings (SSSR count). The molecule has 0 aliphatic heterocycles. The van der Waals surface area contributed by atoms with Crippen molar-refractivity contribution in [2.75, 3.05) is 6.61 Å². The number of benzene rings is 1. The van der Waals surface area contributed by atoms with Gasteiger partial charge in [0.1, 0.15) is 5.58 Å². The molecule has 2 N–H and O–H groups in total. The maximum Gasteiger partial charge on any atom is 0.375 e. The lowest BCUT2D eigenvalue weighted by Crippen LogP contribution is -2.43. The van der Waals surface area contributed by atoms with Gasteiger partial charge in [0.2, 0.25) is 5.76 Å². The van der Waals surface area contributed by atoms with Crippen LogP contribution in [0, 0.1) is 6.92 Å². The second-order valence-electron chi connectivity index (χ2n) is 5.25. The highest BCUT2D eigenvalue weighted by Gasteiger charge is 2.20. The number of hydrazine groups is 1. The van der Waals surface area contributed by atoms with Crippen LogP contribution in [-0.4, -0.2) is 24.4 Å². The van der Waals surface area contributed by atoms with Crippen LogP contribution in [0.5, 0.6) is 0 Å². The van der Waals surface area contributed by atoms with Gasteiger partial charge in [0.25, 0.3) is 5.91 Å². The van der Waals surface area contributed by atoms with E-state index in [4.69, 9.17) is 25.2 Å². The Labute approximate surface area is 152 Å². The third kappa shape index (κ3) is 3.70. The SMILES string of the molecule is Cc1c(C(=O)OCC(=O)NNC(=O)c2ccco2)oc2ccc(Cl)cc12. The number of halogens is 1. The minimum absolute atomic E-state index is 0.0188. The van der Waals surface area contributed by atoms with Crippen LogP contribution in [0.1, 0.15) is 26.7 Å². The normalized spacial score (nSPS) is 10.5. The molecule has 0 atom stereocenters. The van der Waals surface area contributed by atoms with E-state index in [2.05, 4.69) is 10.9 Å². The van der Waals surface area contributed by atoms with Crippen LogP contribution in [0.4, 0.5) is 0 Å². The molecule has 3 aromatic rings. The van der Waals surface area contributed by atoms with Crippen molar-refractivity contribution in [1.29, 1.82) is 0 Å². The van der Waals surface area contributed by atoms with Gasteiger partial charge in [0.05, 0.1) is 6.26 Å². The maximum atomic E-state index is 12.1. The first-order valence-corrected chi connectivity index (χ1v) is 7.82. The van der Waals surface area contributed by atoms with Crippen LogP contribution in [0.15, 0.2) is 45.4 Å². The molecule has 0 aliphatic rings. The first-order chi connectivity index (χ1) is 12.5. The molecule has 0 bridgehead atoms. The summed E-state index contributed by atoms with van der Waals surface area (Å²) in [6.45, 7) is 1.08. The Balaban J connectivity index is 1.56. The first-order valence-electron chi connectivity index (χ1n) is 7.44. The Hall–Kier alpha value is -3.26. The molecular formula is C17H13ClN2O6. The molecule has 0 unspecified atom stereocenters. The number of carbonyl (C=O) groups excluding carboxylic acids is 3. The van der Waals surface area contributed by atoms with E-state index in [-0.39, 0.29) is 11.5 Å². The first kappa shape index (κ1) is 17.6. The molecule has 8 nitrogen and oxygen atoms in total. The Kier molecular flexibility index (Phi) is 4.94. The fourth-order valence-corrected chi connectivity index (χ4v) is 2.39. The van der Waals surface area contributed by atoms with Crippen molar-refractivity contribution < 1.29 is 28.0 Å². The monoisotopic (exact) mass is 376 g/mol. The second-order valence-corrected chi connectivity index (χ2v) is 5.69. The molecule has 9 heteroatoms. The summed E-state index contributed by atoms with van der Waals surface area (Å²) in [5.74, 6) is -2.16. The smallest absolute Gasteiger partial charge is 0.375 e. The number of esters is 1. The number of rotatable bonds is 4. The van der Waals surface area contributed by atoms with Gasteiger partial charge in [0.15, 0.2) is 12.4 Å². The topological polar surface area (TPSA) is 111 Å². The van der Waals surface area contributed by atoms with E-state index < -0.39 is 24.4 Å². The average Bonchev–Trinajstić information content (AvgIpc) is 3.26. The van der Waals surface area contributed by atoms with Crippen molar-refractivity contribution in [2.24, 2.45) is 0 Å². The van der Waals surface area contributed by atoms with E-state index in [1.807, 2.05) is 0 Å².